The van der Waals surface area contributed by atoms with Gasteiger partial charge >= 0.3 is 6.18 Å². The summed E-state index contributed by atoms with van der Waals surface area (Å²) in [5.41, 5.74) is -2.09. The van der Waals surface area contributed by atoms with Crippen molar-refractivity contribution >= 4 is 22.5 Å². The van der Waals surface area contributed by atoms with Crippen molar-refractivity contribution in [2.75, 3.05) is 37.6 Å². The molecule has 3 heterocycles. The minimum Gasteiger partial charge on any atom is -0.369 e. The first kappa shape index (κ1) is 22.6. The van der Waals surface area contributed by atoms with Crippen molar-refractivity contribution in [2.24, 2.45) is 16.7 Å². The van der Waals surface area contributed by atoms with Gasteiger partial charge in [-0.15, -0.1) is 0 Å². The van der Waals surface area contributed by atoms with Crippen LogP contribution in [0.15, 0.2) is 30.5 Å². The summed E-state index contributed by atoms with van der Waals surface area (Å²) in [6, 6.07) is 8.77. The highest BCUT2D eigenvalue weighted by Gasteiger charge is 2.86. The maximum absolute atomic E-state index is 14.4. The lowest BCUT2D eigenvalue weighted by Crippen LogP contribution is -2.49. The number of piperidine rings is 2. The number of fused-ring (bicyclic) bond motifs is 2. The number of anilines is 1. The highest BCUT2D eigenvalue weighted by Crippen LogP contribution is 2.75. The highest BCUT2D eigenvalue weighted by molar-refractivity contribution is 5.97. The molecule has 35 heavy (non-hydrogen) atoms. The van der Waals surface area contributed by atoms with Crippen molar-refractivity contribution in [2.45, 2.75) is 44.3 Å². The van der Waals surface area contributed by atoms with E-state index in [1.165, 1.54) is 12.8 Å². The Morgan fingerprint density at radius 1 is 1.17 bits per heavy atom. The average Bonchev–Trinajstić information content (AvgIpc) is 3.76. The molecule has 6 nitrogen and oxygen atoms in total. The zero-order valence-electron chi connectivity index (χ0n) is 19.4. The first-order chi connectivity index (χ1) is 16.8. The van der Waals surface area contributed by atoms with Gasteiger partial charge in [0.05, 0.1) is 16.5 Å². The van der Waals surface area contributed by atoms with Gasteiger partial charge in [-0.25, -0.2) is 0 Å². The van der Waals surface area contributed by atoms with Gasteiger partial charge in [-0.2, -0.15) is 18.4 Å². The molecule has 2 aliphatic heterocycles. The van der Waals surface area contributed by atoms with Crippen LogP contribution in [0.3, 0.4) is 0 Å². The SMILES string of the molecule is N#Cc1ccc(N2C[C@]3(C(=O)NC4CCN(CC5CC5)CC4)C[C@]3(C(F)(F)F)C2)c2cccnc12. The molecule has 6 rings (SSSR count). The summed E-state index contributed by atoms with van der Waals surface area (Å²) in [7, 11) is 0. The predicted octanol–water partition coefficient (Wildman–Crippen LogP) is 3.86. The number of nitriles is 1. The number of amides is 1. The van der Waals surface area contributed by atoms with Crippen molar-refractivity contribution in [3.05, 3.63) is 36.0 Å². The fourth-order valence-corrected chi connectivity index (χ4v) is 6.37. The van der Waals surface area contributed by atoms with Gasteiger partial charge in [-0.1, -0.05) is 0 Å². The summed E-state index contributed by atoms with van der Waals surface area (Å²) in [6.07, 6.45) is 1.06. The van der Waals surface area contributed by atoms with Crippen molar-refractivity contribution < 1.29 is 18.0 Å². The first-order valence-electron chi connectivity index (χ1n) is 12.4. The Labute approximate surface area is 202 Å². The molecule has 2 atom stereocenters. The van der Waals surface area contributed by atoms with Crippen molar-refractivity contribution in [3.63, 3.8) is 0 Å². The van der Waals surface area contributed by atoms with E-state index in [1.54, 1.807) is 35.4 Å². The van der Waals surface area contributed by atoms with Gasteiger partial charge in [0.15, 0.2) is 0 Å². The van der Waals surface area contributed by atoms with E-state index in [9.17, 15) is 23.2 Å². The van der Waals surface area contributed by atoms with Crippen LogP contribution in [0.1, 0.15) is 37.7 Å². The number of carbonyl (C=O) groups excluding carboxylic acids is 1. The monoisotopic (exact) mass is 483 g/mol. The number of hydrogen-bond donors (Lipinski definition) is 1. The van der Waals surface area contributed by atoms with Crippen LogP contribution in [0.4, 0.5) is 18.9 Å². The molecule has 4 aliphatic rings. The third-order valence-electron chi connectivity index (χ3n) is 8.64. The van der Waals surface area contributed by atoms with Crippen molar-refractivity contribution in [1.29, 1.82) is 5.26 Å². The number of rotatable bonds is 5. The molecule has 0 bridgehead atoms. The van der Waals surface area contributed by atoms with E-state index in [4.69, 9.17) is 0 Å². The maximum Gasteiger partial charge on any atom is 0.397 e. The molecule has 2 aromatic rings. The molecule has 9 heteroatoms. The van der Waals surface area contributed by atoms with E-state index >= 15 is 0 Å². The van der Waals surface area contributed by atoms with Gasteiger partial charge in [0.25, 0.3) is 0 Å². The summed E-state index contributed by atoms with van der Waals surface area (Å²) >= 11 is 0. The number of nitrogens with one attached hydrogen (secondary N) is 1. The van der Waals surface area contributed by atoms with Crippen molar-refractivity contribution in [3.8, 4) is 6.07 Å². The Kier molecular flexibility index (Phi) is 5.05. The molecule has 1 aromatic carbocycles. The Morgan fingerprint density at radius 2 is 1.94 bits per heavy atom. The van der Waals surface area contributed by atoms with E-state index in [0.29, 0.717) is 22.2 Å². The normalized spacial score (nSPS) is 29.1. The molecular weight excluding hydrogens is 455 g/mol. The van der Waals surface area contributed by atoms with E-state index in [-0.39, 0.29) is 25.6 Å². The number of likely N-dealkylation sites (tertiary alicyclic amines) is 1. The number of alkyl halides is 3. The molecule has 2 saturated heterocycles. The quantitative estimate of drug-likeness (QED) is 0.700. The lowest BCUT2D eigenvalue weighted by molar-refractivity contribution is -0.191. The number of benzene rings is 1. The van der Waals surface area contributed by atoms with Crippen LogP contribution in [0.2, 0.25) is 0 Å². The number of halogens is 3. The number of nitrogens with zero attached hydrogens (tertiary/aromatic N) is 4. The molecule has 1 N–H and O–H groups in total. The van der Waals surface area contributed by atoms with E-state index in [1.807, 2.05) is 0 Å². The number of aromatic nitrogens is 1. The number of carbonyl (C=O) groups is 1. The van der Waals surface area contributed by atoms with E-state index < -0.39 is 22.9 Å². The second-order valence-corrected chi connectivity index (χ2v) is 10.8. The van der Waals surface area contributed by atoms with Gasteiger partial charge < -0.3 is 15.1 Å². The third kappa shape index (κ3) is 3.56. The standard InChI is InChI=1S/C26H28F3N5O/c27-26(28,29)25-14-24(25,23(35)32-19-7-10-33(11-8-19)13-17-3-4-17)15-34(16-25)21-6-5-18(12-30)22-20(21)2-1-9-31-22/h1-2,5-6,9,17,19H,3-4,7-8,10-11,13-16H2,(H,32,35)/t24-,25-/m0/s1. The van der Waals surface area contributed by atoms with E-state index in [0.717, 1.165) is 38.4 Å². The summed E-state index contributed by atoms with van der Waals surface area (Å²) < 4.78 is 43.2. The van der Waals surface area contributed by atoms with Gasteiger partial charge in [0.2, 0.25) is 5.91 Å². The molecule has 0 unspecified atom stereocenters. The molecule has 2 aliphatic carbocycles. The average molecular weight is 484 g/mol. The molecule has 4 fully saturated rings. The van der Waals surface area contributed by atoms with Crippen LogP contribution >= 0.6 is 0 Å². The zero-order valence-corrected chi connectivity index (χ0v) is 19.4. The molecular formula is C26H28F3N5O. The lowest BCUT2D eigenvalue weighted by Gasteiger charge is -2.33. The molecule has 2 saturated carbocycles. The fraction of sp³-hybridized carbons (Fsp3) is 0.577. The van der Waals surface area contributed by atoms with Gasteiger partial charge in [0, 0.05) is 56.0 Å². The zero-order chi connectivity index (χ0) is 24.4. The van der Waals surface area contributed by atoms with Crippen LogP contribution in [0, 0.1) is 28.1 Å². The topological polar surface area (TPSA) is 72.3 Å². The lowest BCUT2D eigenvalue weighted by atomic mass is 9.93. The fourth-order valence-electron chi connectivity index (χ4n) is 6.37. The van der Waals surface area contributed by atoms with E-state index in [2.05, 4.69) is 21.3 Å². The van der Waals surface area contributed by atoms with Crippen LogP contribution in [0.5, 0.6) is 0 Å². The predicted molar refractivity (Wildman–Crippen MR) is 125 cm³/mol. The van der Waals surface area contributed by atoms with Crippen LogP contribution < -0.4 is 10.2 Å². The molecule has 0 spiro atoms. The summed E-state index contributed by atoms with van der Waals surface area (Å²) in [6.45, 7) is 2.61. The molecule has 1 aromatic heterocycles. The van der Waals surface area contributed by atoms with Gasteiger partial charge in [0.1, 0.15) is 11.5 Å². The maximum atomic E-state index is 14.4. The Morgan fingerprint density at radius 3 is 2.63 bits per heavy atom. The second kappa shape index (κ2) is 7.82. The molecule has 0 radical (unpaired) electrons. The van der Waals surface area contributed by atoms with Gasteiger partial charge in [-0.3, -0.25) is 9.78 Å². The van der Waals surface area contributed by atoms with Crippen LogP contribution in [-0.4, -0.2) is 60.7 Å². The second-order valence-electron chi connectivity index (χ2n) is 10.8. The van der Waals surface area contributed by atoms with Crippen molar-refractivity contribution in [1.82, 2.24) is 15.2 Å². The minimum atomic E-state index is -4.48. The third-order valence-corrected chi connectivity index (χ3v) is 8.64. The first-order valence-corrected chi connectivity index (χ1v) is 12.4. The molecule has 1 amide bonds. The summed E-state index contributed by atoms with van der Waals surface area (Å²) in [5.74, 6) is 0.339. The van der Waals surface area contributed by atoms with Crippen LogP contribution in [-0.2, 0) is 4.79 Å². The minimum absolute atomic E-state index is 0.00869. The summed E-state index contributed by atoms with van der Waals surface area (Å²) in [4.78, 5) is 21.8. The largest absolute Gasteiger partial charge is 0.397 e. The van der Waals surface area contributed by atoms with Crippen LogP contribution in [0.25, 0.3) is 10.9 Å². The Balaban J connectivity index is 1.23. The molecule has 184 valence electrons. The summed E-state index contributed by atoms with van der Waals surface area (Å²) in [5, 5.41) is 13.0. The number of pyridine rings is 1. The highest BCUT2D eigenvalue weighted by atomic mass is 19.4. The van der Waals surface area contributed by atoms with Gasteiger partial charge in [-0.05, 0) is 62.3 Å². The smallest absolute Gasteiger partial charge is 0.369 e. The Bertz CT molecular complexity index is 1210. The number of hydrogen-bond acceptors (Lipinski definition) is 5. The Hall–Kier alpha value is -2.86.